The largest absolute Gasteiger partial charge is 0.378 e. The summed E-state index contributed by atoms with van der Waals surface area (Å²) < 4.78 is 23.8. The second-order valence-corrected chi connectivity index (χ2v) is 8.24. The summed E-state index contributed by atoms with van der Waals surface area (Å²) in [4.78, 5) is 16.1. The number of nitrogens with zero attached hydrogens (tertiary/aromatic N) is 2. The summed E-state index contributed by atoms with van der Waals surface area (Å²) in [6.45, 7) is 2.49. The Balaban J connectivity index is 2.19. The van der Waals surface area contributed by atoms with Gasteiger partial charge in [-0.05, 0) is 31.5 Å². The van der Waals surface area contributed by atoms with Crippen LogP contribution in [0, 0.1) is 0 Å². The van der Waals surface area contributed by atoms with Gasteiger partial charge in [-0.1, -0.05) is 6.07 Å². The van der Waals surface area contributed by atoms with Crippen molar-refractivity contribution in [3.63, 3.8) is 0 Å². The highest BCUT2D eigenvalue weighted by Crippen LogP contribution is 2.18. The summed E-state index contributed by atoms with van der Waals surface area (Å²) in [5, 5.41) is -0.372. The fraction of sp³-hybridized carbons (Fsp3) is 0.533. The van der Waals surface area contributed by atoms with Crippen molar-refractivity contribution in [1.29, 1.82) is 0 Å². The molecule has 116 valence electrons. The molecule has 6 heteroatoms. The minimum atomic E-state index is -3.07. The number of carbonyl (C=O) groups is 1. The molecule has 1 heterocycles. The van der Waals surface area contributed by atoms with Gasteiger partial charge in [0.15, 0.2) is 9.84 Å². The second kappa shape index (κ2) is 6.05. The molecule has 0 spiro atoms. The topological polar surface area (TPSA) is 57.7 Å². The minimum Gasteiger partial charge on any atom is -0.378 e. The van der Waals surface area contributed by atoms with Crippen molar-refractivity contribution in [2.24, 2.45) is 0 Å². The lowest BCUT2D eigenvalue weighted by Crippen LogP contribution is -2.33. The van der Waals surface area contributed by atoms with E-state index in [0.717, 1.165) is 5.69 Å². The van der Waals surface area contributed by atoms with Gasteiger partial charge in [0.25, 0.3) is 5.91 Å². The molecule has 0 bridgehead atoms. The van der Waals surface area contributed by atoms with E-state index in [2.05, 4.69) is 0 Å². The number of rotatable bonds is 2. The van der Waals surface area contributed by atoms with Crippen molar-refractivity contribution in [1.82, 2.24) is 4.90 Å². The predicted molar refractivity (Wildman–Crippen MR) is 84.5 cm³/mol. The zero-order valence-electron chi connectivity index (χ0n) is 12.7. The van der Waals surface area contributed by atoms with Crippen LogP contribution >= 0.6 is 0 Å². The maximum atomic E-state index is 12.6. The average Bonchev–Trinajstić information content (AvgIpc) is 2.58. The maximum Gasteiger partial charge on any atom is 0.253 e. The first-order valence-corrected chi connectivity index (χ1v) is 8.81. The lowest BCUT2D eigenvalue weighted by atomic mass is 10.1. The second-order valence-electron chi connectivity index (χ2n) is 5.70. The molecular weight excluding hydrogens is 288 g/mol. The molecule has 1 aliphatic rings. The van der Waals surface area contributed by atoms with Crippen LogP contribution in [0.4, 0.5) is 5.69 Å². The Hall–Kier alpha value is -1.56. The Morgan fingerprint density at radius 1 is 1.29 bits per heavy atom. The molecule has 1 aromatic carbocycles. The van der Waals surface area contributed by atoms with Gasteiger partial charge in [0, 0.05) is 38.4 Å². The third-order valence-corrected chi connectivity index (χ3v) is 6.17. The fourth-order valence-electron chi connectivity index (χ4n) is 2.37. The summed E-state index contributed by atoms with van der Waals surface area (Å²) in [6.07, 6.45) is 0.501. The van der Waals surface area contributed by atoms with E-state index < -0.39 is 9.84 Å². The Labute approximate surface area is 126 Å². The first-order valence-electron chi connectivity index (χ1n) is 7.09. The van der Waals surface area contributed by atoms with Crippen LogP contribution in [0.25, 0.3) is 0 Å². The molecule has 0 aliphatic carbocycles. The zero-order valence-corrected chi connectivity index (χ0v) is 13.6. The molecule has 1 aliphatic heterocycles. The number of amides is 1. The van der Waals surface area contributed by atoms with E-state index in [4.69, 9.17) is 0 Å². The monoisotopic (exact) mass is 310 g/mol. The van der Waals surface area contributed by atoms with Crippen molar-refractivity contribution in [2.45, 2.75) is 18.6 Å². The van der Waals surface area contributed by atoms with Crippen LogP contribution in [0.15, 0.2) is 24.3 Å². The summed E-state index contributed by atoms with van der Waals surface area (Å²) in [5.41, 5.74) is 1.56. The lowest BCUT2D eigenvalue weighted by molar-refractivity contribution is 0.0767. The Morgan fingerprint density at radius 3 is 2.67 bits per heavy atom. The maximum absolute atomic E-state index is 12.6. The molecule has 1 fully saturated rings. The van der Waals surface area contributed by atoms with E-state index in [-0.39, 0.29) is 23.5 Å². The van der Waals surface area contributed by atoms with Crippen LogP contribution in [0.2, 0.25) is 0 Å². The van der Waals surface area contributed by atoms with E-state index in [1.807, 2.05) is 37.2 Å². The van der Waals surface area contributed by atoms with Gasteiger partial charge in [-0.15, -0.1) is 0 Å². The van der Waals surface area contributed by atoms with E-state index >= 15 is 0 Å². The first kappa shape index (κ1) is 15.8. The van der Waals surface area contributed by atoms with Crippen LogP contribution < -0.4 is 4.90 Å². The van der Waals surface area contributed by atoms with Crippen LogP contribution in [0.5, 0.6) is 0 Å². The Bertz CT molecular complexity index is 626. The van der Waals surface area contributed by atoms with Crippen molar-refractivity contribution < 1.29 is 13.2 Å². The Kier molecular flexibility index (Phi) is 4.56. The van der Waals surface area contributed by atoms with Crippen molar-refractivity contribution in [3.05, 3.63) is 29.8 Å². The van der Waals surface area contributed by atoms with Gasteiger partial charge < -0.3 is 9.80 Å². The van der Waals surface area contributed by atoms with Gasteiger partial charge in [0.1, 0.15) is 0 Å². The molecule has 0 saturated carbocycles. The van der Waals surface area contributed by atoms with E-state index in [9.17, 15) is 13.2 Å². The molecule has 1 saturated heterocycles. The molecule has 1 amide bonds. The van der Waals surface area contributed by atoms with Gasteiger partial charge in [-0.2, -0.15) is 0 Å². The van der Waals surface area contributed by atoms with E-state index in [1.54, 1.807) is 17.9 Å². The van der Waals surface area contributed by atoms with Crippen LogP contribution in [0.3, 0.4) is 0 Å². The van der Waals surface area contributed by atoms with E-state index in [1.165, 1.54) is 0 Å². The smallest absolute Gasteiger partial charge is 0.253 e. The van der Waals surface area contributed by atoms with Crippen molar-refractivity contribution in [3.8, 4) is 0 Å². The fourth-order valence-corrected chi connectivity index (χ4v) is 3.71. The quantitative estimate of drug-likeness (QED) is 0.828. The number of hydrogen-bond acceptors (Lipinski definition) is 4. The third-order valence-electron chi connectivity index (χ3n) is 3.96. The molecule has 1 atom stereocenters. The molecule has 0 N–H and O–H groups in total. The lowest BCUT2D eigenvalue weighted by Gasteiger charge is -2.21. The molecular formula is C15H22N2O3S. The van der Waals surface area contributed by atoms with Gasteiger partial charge >= 0.3 is 0 Å². The van der Waals surface area contributed by atoms with Gasteiger partial charge in [-0.25, -0.2) is 8.42 Å². The van der Waals surface area contributed by atoms with Gasteiger partial charge in [0.05, 0.1) is 11.0 Å². The van der Waals surface area contributed by atoms with Crippen LogP contribution in [0.1, 0.15) is 23.7 Å². The minimum absolute atomic E-state index is 0.0489. The number of benzene rings is 1. The highest BCUT2D eigenvalue weighted by Gasteiger charge is 2.28. The number of hydrogen-bond donors (Lipinski definition) is 0. The number of carbonyl (C=O) groups excluding carboxylic acids is 1. The summed E-state index contributed by atoms with van der Waals surface area (Å²) >= 11 is 0. The molecule has 1 aromatic rings. The highest BCUT2D eigenvalue weighted by atomic mass is 32.2. The molecule has 2 rings (SSSR count). The molecule has 0 radical (unpaired) electrons. The summed E-state index contributed by atoms with van der Waals surface area (Å²) in [5.74, 6) is -0.0456. The number of anilines is 1. The SMILES string of the molecule is C[C@@H]1CCN(C(=O)c2cccc(N(C)C)c2)CCS1(=O)=O. The van der Waals surface area contributed by atoms with Crippen LogP contribution in [-0.2, 0) is 9.84 Å². The molecule has 5 nitrogen and oxygen atoms in total. The average molecular weight is 310 g/mol. The summed E-state index contributed by atoms with van der Waals surface area (Å²) in [7, 11) is 0.771. The van der Waals surface area contributed by atoms with Crippen LogP contribution in [-0.4, -0.2) is 57.4 Å². The van der Waals surface area contributed by atoms with Gasteiger partial charge in [0.2, 0.25) is 0 Å². The Morgan fingerprint density at radius 2 is 2.00 bits per heavy atom. The molecule has 0 aromatic heterocycles. The zero-order chi connectivity index (χ0) is 15.6. The van der Waals surface area contributed by atoms with Crippen molar-refractivity contribution in [2.75, 3.05) is 37.8 Å². The van der Waals surface area contributed by atoms with E-state index in [0.29, 0.717) is 18.5 Å². The highest BCUT2D eigenvalue weighted by molar-refractivity contribution is 7.92. The molecule has 0 unspecified atom stereocenters. The third kappa shape index (κ3) is 3.56. The first-order chi connectivity index (χ1) is 9.81. The predicted octanol–water partition coefficient (Wildman–Crippen LogP) is 1.40. The standard InChI is InChI=1S/C15H22N2O3S/c1-12-7-8-17(9-10-21(12,19)20)15(18)13-5-4-6-14(11-13)16(2)3/h4-6,11-12H,7-10H2,1-3H3/t12-/m1/s1. The van der Waals surface area contributed by atoms with Crippen molar-refractivity contribution >= 4 is 21.4 Å². The normalized spacial score (nSPS) is 21.7. The number of sulfone groups is 1. The molecule has 21 heavy (non-hydrogen) atoms. The van der Waals surface area contributed by atoms with Gasteiger partial charge in [-0.3, -0.25) is 4.79 Å². The summed E-state index contributed by atoms with van der Waals surface area (Å²) in [6, 6.07) is 7.40.